The lowest BCUT2D eigenvalue weighted by Crippen LogP contribution is -2.50. The van der Waals surface area contributed by atoms with Crippen molar-refractivity contribution in [3.8, 4) is 0 Å². The molecule has 1 atom stereocenters. The van der Waals surface area contributed by atoms with Gasteiger partial charge in [0, 0.05) is 52.9 Å². The molecule has 0 aliphatic carbocycles. The maximum atomic E-state index is 12.8. The smallest absolute Gasteiger partial charge is 0.227 e. The predicted octanol–water partition coefficient (Wildman–Crippen LogP) is 0.791. The Morgan fingerprint density at radius 3 is 2.54 bits per heavy atom. The van der Waals surface area contributed by atoms with Gasteiger partial charge >= 0.3 is 0 Å². The van der Waals surface area contributed by atoms with Crippen LogP contribution < -0.4 is 0 Å². The molecule has 0 saturated carbocycles. The zero-order valence-corrected chi connectivity index (χ0v) is 15.8. The van der Waals surface area contributed by atoms with Gasteiger partial charge in [-0.1, -0.05) is 24.3 Å². The zero-order valence-electron chi connectivity index (χ0n) is 15.8. The van der Waals surface area contributed by atoms with Gasteiger partial charge in [-0.2, -0.15) is 0 Å². The second-order valence-electron chi connectivity index (χ2n) is 7.31. The minimum atomic E-state index is 0.0792. The quantitative estimate of drug-likeness (QED) is 0.778. The van der Waals surface area contributed by atoms with Crippen LogP contribution in [0, 0.1) is 5.92 Å². The number of amides is 1. The minimum Gasteiger partial charge on any atom is -0.392 e. The second kappa shape index (κ2) is 9.46. The van der Waals surface area contributed by atoms with E-state index < -0.39 is 0 Å². The van der Waals surface area contributed by atoms with E-state index in [1.54, 1.807) is 7.11 Å². The third-order valence-corrected chi connectivity index (χ3v) is 5.60. The maximum absolute atomic E-state index is 12.8. The molecular weight excluding hydrogens is 330 g/mol. The molecule has 2 aliphatic rings. The Morgan fingerprint density at radius 1 is 1.12 bits per heavy atom. The van der Waals surface area contributed by atoms with Crippen molar-refractivity contribution in [1.29, 1.82) is 0 Å². The van der Waals surface area contributed by atoms with E-state index in [4.69, 9.17) is 4.74 Å². The summed E-state index contributed by atoms with van der Waals surface area (Å²) in [6.45, 7) is 7.82. The van der Waals surface area contributed by atoms with Gasteiger partial charge in [-0.25, -0.2) is 0 Å². The Labute approximate surface area is 156 Å². The monoisotopic (exact) mass is 361 g/mol. The van der Waals surface area contributed by atoms with Crippen LogP contribution in [0.2, 0.25) is 0 Å². The molecule has 3 rings (SSSR count). The summed E-state index contributed by atoms with van der Waals surface area (Å²) in [5.41, 5.74) is 2.17. The first kappa shape index (κ1) is 19.3. The molecule has 1 aromatic rings. The summed E-state index contributed by atoms with van der Waals surface area (Å²) in [5.74, 6) is 0.467. The summed E-state index contributed by atoms with van der Waals surface area (Å²) in [6, 6.07) is 8.04. The van der Waals surface area contributed by atoms with Crippen molar-refractivity contribution in [2.75, 3.05) is 59.5 Å². The van der Waals surface area contributed by atoms with E-state index in [0.29, 0.717) is 5.91 Å². The van der Waals surface area contributed by atoms with Crippen LogP contribution in [-0.4, -0.2) is 85.2 Å². The molecule has 1 N–H and O–H groups in total. The van der Waals surface area contributed by atoms with Crippen LogP contribution >= 0.6 is 0 Å². The summed E-state index contributed by atoms with van der Waals surface area (Å²) < 4.78 is 5.13. The highest BCUT2D eigenvalue weighted by atomic mass is 16.5. The van der Waals surface area contributed by atoms with Crippen LogP contribution in [-0.2, 0) is 22.7 Å². The number of aliphatic hydroxyl groups excluding tert-OH is 1. The molecule has 2 fully saturated rings. The van der Waals surface area contributed by atoms with Crippen molar-refractivity contribution >= 4 is 5.91 Å². The molecule has 0 radical (unpaired) electrons. The Balaban J connectivity index is 1.45. The molecule has 6 heteroatoms. The lowest BCUT2D eigenvalue weighted by molar-refractivity contribution is -0.137. The molecule has 2 saturated heterocycles. The van der Waals surface area contributed by atoms with Gasteiger partial charge in [0.15, 0.2) is 0 Å². The maximum Gasteiger partial charge on any atom is 0.227 e. The first-order valence-electron chi connectivity index (χ1n) is 9.61. The van der Waals surface area contributed by atoms with Crippen LogP contribution in [0.3, 0.4) is 0 Å². The summed E-state index contributed by atoms with van der Waals surface area (Å²) in [6.07, 6.45) is 0.965. The SMILES string of the molecule is COCCN1CC[C@@H](C(=O)N2CCN(Cc3ccccc3CO)CC2)C1. The normalized spacial score (nSPS) is 22.1. The van der Waals surface area contributed by atoms with Crippen molar-refractivity contribution in [3.05, 3.63) is 35.4 Å². The fraction of sp³-hybridized carbons (Fsp3) is 0.650. The fourth-order valence-electron chi connectivity index (χ4n) is 3.95. The number of rotatable bonds is 7. The van der Waals surface area contributed by atoms with Gasteiger partial charge in [0.2, 0.25) is 5.91 Å². The number of benzene rings is 1. The number of carbonyl (C=O) groups is 1. The number of nitrogens with zero attached hydrogens (tertiary/aromatic N) is 3. The van der Waals surface area contributed by atoms with Gasteiger partial charge in [-0.15, -0.1) is 0 Å². The number of aliphatic hydroxyl groups is 1. The second-order valence-corrected chi connectivity index (χ2v) is 7.31. The molecule has 2 aliphatic heterocycles. The van der Waals surface area contributed by atoms with Gasteiger partial charge in [0.1, 0.15) is 0 Å². The largest absolute Gasteiger partial charge is 0.392 e. The number of likely N-dealkylation sites (tertiary alicyclic amines) is 1. The van der Waals surface area contributed by atoms with Gasteiger partial charge < -0.3 is 19.6 Å². The molecule has 1 aromatic carbocycles. The van der Waals surface area contributed by atoms with Crippen molar-refractivity contribution in [2.45, 2.75) is 19.6 Å². The number of ether oxygens (including phenoxy) is 1. The van der Waals surface area contributed by atoms with Crippen LogP contribution in [0.4, 0.5) is 0 Å². The summed E-state index contributed by atoms with van der Waals surface area (Å²) >= 11 is 0. The van der Waals surface area contributed by atoms with Gasteiger partial charge in [0.25, 0.3) is 0 Å². The van der Waals surface area contributed by atoms with Gasteiger partial charge in [-0.05, 0) is 24.1 Å². The van der Waals surface area contributed by atoms with Gasteiger partial charge in [-0.3, -0.25) is 9.69 Å². The molecule has 0 spiro atoms. The van der Waals surface area contributed by atoms with E-state index in [-0.39, 0.29) is 12.5 Å². The third kappa shape index (κ3) is 4.82. The first-order chi connectivity index (χ1) is 12.7. The molecule has 2 heterocycles. The molecule has 0 unspecified atom stereocenters. The fourth-order valence-corrected chi connectivity index (χ4v) is 3.95. The van der Waals surface area contributed by atoms with E-state index >= 15 is 0 Å². The van der Waals surface area contributed by atoms with Crippen molar-refractivity contribution < 1.29 is 14.6 Å². The predicted molar refractivity (Wildman–Crippen MR) is 101 cm³/mol. The number of piperazine rings is 1. The van der Waals surface area contributed by atoms with E-state index in [9.17, 15) is 9.90 Å². The Morgan fingerprint density at radius 2 is 1.85 bits per heavy atom. The molecule has 0 aromatic heterocycles. The summed E-state index contributed by atoms with van der Waals surface area (Å²) in [5, 5.41) is 9.48. The summed E-state index contributed by atoms with van der Waals surface area (Å²) in [4.78, 5) is 19.5. The number of methoxy groups -OCH3 is 1. The van der Waals surface area contributed by atoms with Crippen LogP contribution in [0.1, 0.15) is 17.5 Å². The van der Waals surface area contributed by atoms with Crippen molar-refractivity contribution in [3.63, 3.8) is 0 Å². The molecule has 26 heavy (non-hydrogen) atoms. The average molecular weight is 361 g/mol. The van der Waals surface area contributed by atoms with Gasteiger partial charge in [0.05, 0.1) is 19.1 Å². The van der Waals surface area contributed by atoms with E-state index in [1.807, 2.05) is 23.1 Å². The van der Waals surface area contributed by atoms with Crippen molar-refractivity contribution in [1.82, 2.24) is 14.7 Å². The standard InChI is InChI=1S/C20H31N3O3/c1-26-13-12-21-7-6-18(15-21)20(25)23-10-8-22(9-11-23)14-17-4-2-3-5-19(17)16-24/h2-5,18,24H,6-16H2,1H3/t18-/m1/s1. The molecule has 1 amide bonds. The lowest BCUT2D eigenvalue weighted by Gasteiger charge is -2.36. The van der Waals surface area contributed by atoms with E-state index in [1.165, 1.54) is 5.56 Å². The Hall–Kier alpha value is -1.47. The third-order valence-electron chi connectivity index (χ3n) is 5.60. The van der Waals surface area contributed by atoms with Crippen LogP contribution in [0.15, 0.2) is 24.3 Å². The van der Waals surface area contributed by atoms with Crippen LogP contribution in [0.5, 0.6) is 0 Å². The highest BCUT2D eigenvalue weighted by Gasteiger charge is 2.32. The van der Waals surface area contributed by atoms with Crippen molar-refractivity contribution in [2.24, 2.45) is 5.92 Å². The molecule has 6 nitrogen and oxygen atoms in total. The minimum absolute atomic E-state index is 0.0792. The summed E-state index contributed by atoms with van der Waals surface area (Å²) in [7, 11) is 1.72. The Bertz CT molecular complexity index is 587. The highest BCUT2D eigenvalue weighted by Crippen LogP contribution is 2.20. The number of hydrogen-bond acceptors (Lipinski definition) is 5. The highest BCUT2D eigenvalue weighted by molar-refractivity contribution is 5.79. The zero-order chi connectivity index (χ0) is 18.4. The Kier molecular flexibility index (Phi) is 7.02. The molecule has 144 valence electrons. The average Bonchev–Trinajstić information content (AvgIpc) is 3.16. The van der Waals surface area contributed by atoms with E-state index in [0.717, 1.165) is 70.9 Å². The van der Waals surface area contributed by atoms with Crippen LogP contribution in [0.25, 0.3) is 0 Å². The van der Waals surface area contributed by atoms with E-state index in [2.05, 4.69) is 15.9 Å². The molecular formula is C20H31N3O3. The number of hydrogen-bond donors (Lipinski definition) is 1. The lowest BCUT2D eigenvalue weighted by atomic mass is 10.1. The topological polar surface area (TPSA) is 56.2 Å². The number of carbonyl (C=O) groups excluding carboxylic acids is 1. The first-order valence-corrected chi connectivity index (χ1v) is 9.61. The molecule has 0 bridgehead atoms.